The summed E-state index contributed by atoms with van der Waals surface area (Å²) in [7, 11) is 1.80. The molecular formula is C18H34IN5O. The minimum atomic E-state index is 0. The molecule has 2 N–H and O–H groups in total. The van der Waals surface area contributed by atoms with Gasteiger partial charge in [-0.3, -0.25) is 4.99 Å². The molecule has 1 aliphatic heterocycles. The summed E-state index contributed by atoms with van der Waals surface area (Å²) in [5.41, 5.74) is 0.946. The second kappa shape index (κ2) is 11.0. The molecule has 7 heteroatoms. The van der Waals surface area contributed by atoms with Gasteiger partial charge in [-0.15, -0.1) is 24.0 Å². The third-order valence-corrected chi connectivity index (χ3v) is 4.49. The lowest BCUT2D eigenvalue weighted by Gasteiger charge is -2.34. The van der Waals surface area contributed by atoms with Crippen LogP contribution in [0.5, 0.6) is 0 Å². The number of nitrogens with one attached hydrogen (secondary N) is 2. The van der Waals surface area contributed by atoms with E-state index < -0.39 is 0 Å². The van der Waals surface area contributed by atoms with E-state index in [1.54, 1.807) is 7.05 Å². The van der Waals surface area contributed by atoms with Crippen molar-refractivity contribution in [2.24, 2.45) is 16.8 Å². The summed E-state index contributed by atoms with van der Waals surface area (Å²) < 4.78 is 5.59. The molecule has 0 aromatic carbocycles. The molecule has 1 fully saturated rings. The number of likely N-dealkylation sites (tertiary alicyclic amines) is 1. The van der Waals surface area contributed by atoms with Crippen molar-refractivity contribution in [3.05, 3.63) is 17.3 Å². The molecule has 0 spiro atoms. The summed E-state index contributed by atoms with van der Waals surface area (Å²) in [4.78, 5) is 11.3. The maximum Gasteiger partial charge on any atom is 0.214 e. The van der Waals surface area contributed by atoms with Crippen molar-refractivity contribution in [2.75, 3.05) is 33.2 Å². The SMILES string of the molecule is CN=C(NCc1nc(C)c(C)o1)NCC1CCCN(CC(C)C)C1.I. The second-order valence-corrected chi connectivity index (χ2v) is 7.22. The van der Waals surface area contributed by atoms with Crippen molar-refractivity contribution in [3.8, 4) is 0 Å². The molecule has 0 bridgehead atoms. The van der Waals surface area contributed by atoms with Gasteiger partial charge >= 0.3 is 0 Å². The van der Waals surface area contributed by atoms with Crippen LogP contribution in [-0.4, -0.2) is 49.1 Å². The van der Waals surface area contributed by atoms with Gasteiger partial charge in [0.15, 0.2) is 5.96 Å². The van der Waals surface area contributed by atoms with Gasteiger partial charge in [-0.05, 0) is 45.1 Å². The Morgan fingerprint density at radius 1 is 1.36 bits per heavy atom. The quantitative estimate of drug-likeness (QED) is 0.386. The number of aromatic nitrogens is 1. The van der Waals surface area contributed by atoms with Crippen LogP contribution in [0.4, 0.5) is 0 Å². The zero-order valence-electron chi connectivity index (χ0n) is 16.3. The number of hydrogen-bond acceptors (Lipinski definition) is 4. The summed E-state index contributed by atoms with van der Waals surface area (Å²) >= 11 is 0. The number of guanidine groups is 1. The maximum atomic E-state index is 5.59. The van der Waals surface area contributed by atoms with Crippen molar-refractivity contribution in [1.82, 2.24) is 20.5 Å². The van der Waals surface area contributed by atoms with Gasteiger partial charge in [-0.2, -0.15) is 0 Å². The average Bonchev–Trinajstić information content (AvgIpc) is 2.85. The van der Waals surface area contributed by atoms with Gasteiger partial charge in [0.1, 0.15) is 5.76 Å². The molecule has 0 saturated carbocycles. The number of oxazole rings is 1. The van der Waals surface area contributed by atoms with Crippen molar-refractivity contribution in [1.29, 1.82) is 0 Å². The molecular weight excluding hydrogens is 429 g/mol. The lowest BCUT2D eigenvalue weighted by molar-refractivity contribution is 0.159. The number of nitrogens with zero attached hydrogens (tertiary/aromatic N) is 3. The highest BCUT2D eigenvalue weighted by molar-refractivity contribution is 14.0. The van der Waals surface area contributed by atoms with Crippen LogP contribution in [0.25, 0.3) is 0 Å². The summed E-state index contributed by atoms with van der Waals surface area (Å²) in [6, 6.07) is 0. The zero-order valence-corrected chi connectivity index (χ0v) is 18.6. The van der Waals surface area contributed by atoms with E-state index in [-0.39, 0.29) is 24.0 Å². The first-order valence-corrected chi connectivity index (χ1v) is 9.07. The molecule has 144 valence electrons. The van der Waals surface area contributed by atoms with Crippen molar-refractivity contribution in [2.45, 2.75) is 47.1 Å². The van der Waals surface area contributed by atoms with Crippen LogP contribution in [0.1, 0.15) is 44.0 Å². The van der Waals surface area contributed by atoms with Crippen molar-refractivity contribution >= 4 is 29.9 Å². The Labute approximate surface area is 169 Å². The molecule has 1 aromatic heterocycles. The van der Waals surface area contributed by atoms with Gasteiger partial charge in [-0.1, -0.05) is 13.8 Å². The van der Waals surface area contributed by atoms with Crippen LogP contribution in [0.2, 0.25) is 0 Å². The van der Waals surface area contributed by atoms with E-state index >= 15 is 0 Å². The predicted octanol–water partition coefficient (Wildman–Crippen LogP) is 2.94. The highest BCUT2D eigenvalue weighted by Gasteiger charge is 2.20. The minimum Gasteiger partial charge on any atom is -0.444 e. The number of aryl methyl sites for hydroxylation is 2. The first kappa shape index (κ1) is 22.2. The number of piperidine rings is 1. The molecule has 6 nitrogen and oxygen atoms in total. The van der Waals surface area contributed by atoms with Gasteiger partial charge < -0.3 is 20.0 Å². The number of halogens is 1. The molecule has 2 heterocycles. The van der Waals surface area contributed by atoms with E-state index in [1.807, 2.05) is 13.8 Å². The molecule has 2 rings (SSSR count). The first-order chi connectivity index (χ1) is 11.5. The van der Waals surface area contributed by atoms with Crippen molar-refractivity contribution < 1.29 is 4.42 Å². The molecule has 0 radical (unpaired) electrons. The smallest absolute Gasteiger partial charge is 0.214 e. The van der Waals surface area contributed by atoms with E-state index in [9.17, 15) is 0 Å². The van der Waals surface area contributed by atoms with Crippen LogP contribution in [-0.2, 0) is 6.54 Å². The highest BCUT2D eigenvalue weighted by atomic mass is 127. The molecule has 1 atom stereocenters. The third-order valence-electron chi connectivity index (χ3n) is 4.49. The lowest BCUT2D eigenvalue weighted by atomic mass is 9.97. The van der Waals surface area contributed by atoms with Gasteiger partial charge in [-0.25, -0.2) is 4.98 Å². The van der Waals surface area contributed by atoms with Gasteiger partial charge in [0.05, 0.1) is 12.2 Å². The van der Waals surface area contributed by atoms with Gasteiger partial charge in [0, 0.05) is 26.7 Å². The van der Waals surface area contributed by atoms with E-state index in [0.29, 0.717) is 18.4 Å². The van der Waals surface area contributed by atoms with E-state index in [1.165, 1.54) is 32.5 Å². The third kappa shape index (κ3) is 7.52. The van der Waals surface area contributed by atoms with Crippen LogP contribution in [0.15, 0.2) is 9.41 Å². The number of aliphatic imine (C=N–C) groups is 1. The fourth-order valence-corrected chi connectivity index (χ4v) is 3.24. The summed E-state index contributed by atoms with van der Waals surface area (Å²) in [6.45, 7) is 13.6. The van der Waals surface area contributed by atoms with Crippen LogP contribution < -0.4 is 10.6 Å². The molecule has 1 aromatic rings. The average molecular weight is 463 g/mol. The topological polar surface area (TPSA) is 65.7 Å². The summed E-state index contributed by atoms with van der Waals surface area (Å²) in [6.07, 6.45) is 2.58. The molecule has 0 aliphatic carbocycles. The van der Waals surface area contributed by atoms with Crippen LogP contribution >= 0.6 is 24.0 Å². The Bertz CT molecular complexity index is 524. The standard InChI is InChI=1S/C18H33N5O.HI/c1-13(2)11-23-8-6-7-16(12-23)9-20-18(19-5)21-10-17-22-14(3)15(4)24-17;/h13,16H,6-12H2,1-5H3,(H2,19,20,21);1H. The van der Waals surface area contributed by atoms with E-state index in [2.05, 4.69) is 39.4 Å². The summed E-state index contributed by atoms with van der Waals surface area (Å²) in [5.74, 6) is 3.81. The first-order valence-electron chi connectivity index (χ1n) is 9.07. The minimum absolute atomic E-state index is 0. The number of rotatable bonds is 6. The van der Waals surface area contributed by atoms with Crippen LogP contribution in [0, 0.1) is 25.7 Å². The van der Waals surface area contributed by atoms with E-state index in [0.717, 1.165) is 29.9 Å². The zero-order chi connectivity index (χ0) is 17.5. The second-order valence-electron chi connectivity index (χ2n) is 7.22. The Kier molecular flexibility index (Phi) is 9.78. The largest absolute Gasteiger partial charge is 0.444 e. The van der Waals surface area contributed by atoms with Crippen LogP contribution in [0.3, 0.4) is 0 Å². The fraction of sp³-hybridized carbons (Fsp3) is 0.778. The molecule has 1 unspecified atom stereocenters. The molecule has 1 saturated heterocycles. The normalized spacial score (nSPS) is 19.0. The molecule has 25 heavy (non-hydrogen) atoms. The predicted molar refractivity (Wildman–Crippen MR) is 114 cm³/mol. The lowest BCUT2D eigenvalue weighted by Crippen LogP contribution is -2.45. The Hall–Kier alpha value is -0.830. The number of hydrogen-bond donors (Lipinski definition) is 2. The highest BCUT2D eigenvalue weighted by Crippen LogP contribution is 2.16. The maximum absolute atomic E-state index is 5.59. The Morgan fingerprint density at radius 3 is 2.72 bits per heavy atom. The van der Waals surface area contributed by atoms with Gasteiger partial charge in [0.25, 0.3) is 0 Å². The summed E-state index contributed by atoms with van der Waals surface area (Å²) in [5, 5.41) is 6.73. The molecule has 0 amide bonds. The Morgan fingerprint density at radius 2 is 2.12 bits per heavy atom. The monoisotopic (exact) mass is 463 g/mol. The van der Waals surface area contributed by atoms with Crippen molar-refractivity contribution in [3.63, 3.8) is 0 Å². The Balaban J connectivity index is 0.00000312. The van der Waals surface area contributed by atoms with E-state index in [4.69, 9.17) is 4.42 Å². The van der Waals surface area contributed by atoms with Gasteiger partial charge in [0.2, 0.25) is 5.89 Å². The molecule has 1 aliphatic rings. The fourth-order valence-electron chi connectivity index (χ4n) is 3.24.